The van der Waals surface area contributed by atoms with E-state index in [1.807, 2.05) is 29.6 Å². The first kappa shape index (κ1) is 14.8. The SMILES string of the molecule is O=C(NCc1ccc(-c2cccs2)o1)c1ccc(F)cc1Cl. The number of carbonyl (C=O) groups excluding carboxylic acids is 1. The van der Waals surface area contributed by atoms with Crippen LogP contribution in [0.5, 0.6) is 0 Å². The van der Waals surface area contributed by atoms with Gasteiger partial charge in [0.25, 0.3) is 5.91 Å². The maximum atomic E-state index is 13.0. The molecular weight excluding hydrogens is 325 g/mol. The van der Waals surface area contributed by atoms with Crippen molar-refractivity contribution < 1.29 is 13.6 Å². The number of benzene rings is 1. The highest BCUT2D eigenvalue weighted by atomic mass is 35.5. The zero-order valence-electron chi connectivity index (χ0n) is 11.3. The molecule has 0 atom stereocenters. The Morgan fingerprint density at radius 3 is 2.86 bits per heavy atom. The third-order valence-corrected chi connectivity index (χ3v) is 4.22. The summed E-state index contributed by atoms with van der Waals surface area (Å²) in [6.07, 6.45) is 0. The summed E-state index contributed by atoms with van der Waals surface area (Å²) in [7, 11) is 0. The van der Waals surface area contributed by atoms with E-state index in [4.69, 9.17) is 16.0 Å². The molecule has 112 valence electrons. The van der Waals surface area contributed by atoms with Crippen molar-refractivity contribution in [1.82, 2.24) is 5.32 Å². The van der Waals surface area contributed by atoms with Gasteiger partial charge >= 0.3 is 0 Å². The number of amides is 1. The average molecular weight is 336 g/mol. The van der Waals surface area contributed by atoms with Gasteiger partial charge in [0.05, 0.1) is 22.0 Å². The predicted molar refractivity (Wildman–Crippen MR) is 84.6 cm³/mol. The van der Waals surface area contributed by atoms with Crippen molar-refractivity contribution in [2.45, 2.75) is 6.54 Å². The molecule has 1 amide bonds. The van der Waals surface area contributed by atoms with Crippen LogP contribution in [0.15, 0.2) is 52.3 Å². The molecule has 0 unspecified atom stereocenters. The second-order valence-electron chi connectivity index (χ2n) is 4.55. The molecule has 3 aromatic rings. The van der Waals surface area contributed by atoms with Crippen LogP contribution in [0, 0.1) is 5.82 Å². The van der Waals surface area contributed by atoms with E-state index in [-0.39, 0.29) is 23.0 Å². The number of carbonyl (C=O) groups is 1. The Bertz CT molecular complexity index is 798. The van der Waals surface area contributed by atoms with Crippen molar-refractivity contribution in [2.75, 3.05) is 0 Å². The first-order valence-corrected chi connectivity index (χ1v) is 7.75. The quantitative estimate of drug-likeness (QED) is 0.749. The van der Waals surface area contributed by atoms with Gasteiger partial charge in [0.2, 0.25) is 0 Å². The Morgan fingerprint density at radius 1 is 1.27 bits per heavy atom. The van der Waals surface area contributed by atoms with Crippen molar-refractivity contribution in [1.29, 1.82) is 0 Å². The van der Waals surface area contributed by atoms with Gasteiger partial charge in [-0.2, -0.15) is 0 Å². The van der Waals surface area contributed by atoms with Crippen LogP contribution in [0.4, 0.5) is 4.39 Å². The van der Waals surface area contributed by atoms with Gasteiger partial charge in [0.15, 0.2) is 0 Å². The van der Waals surface area contributed by atoms with Crippen LogP contribution in [0.1, 0.15) is 16.1 Å². The minimum Gasteiger partial charge on any atom is -0.458 e. The third-order valence-electron chi connectivity index (χ3n) is 3.02. The fourth-order valence-corrected chi connectivity index (χ4v) is 2.90. The number of nitrogens with one attached hydrogen (secondary N) is 1. The third kappa shape index (κ3) is 3.21. The van der Waals surface area contributed by atoms with E-state index in [0.717, 1.165) is 16.7 Å². The Morgan fingerprint density at radius 2 is 2.14 bits per heavy atom. The first-order chi connectivity index (χ1) is 10.6. The summed E-state index contributed by atoms with van der Waals surface area (Å²) in [6, 6.07) is 11.2. The second kappa shape index (κ2) is 6.34. The number of thiophene rings is 1. The lowest BCUT2D eigenvalue weighted by molar-refractivity contribution is 0.0948. The molecule has 6 heteroatoms. The van der Waals surface area contributed by atoms with Crippen LogP contribution in [0.2, 0.25) is 5.02 Å². The van der Waals surface area contributed by atoms with E-state index in [9.17, 15) is 9.18 Å². The molecule has 0 saturated heterocycles. The molecule has 0 bridgehead atoms. The molecule has 2 aromatic heterocycles. The minimum absolute atomic E-state index is 0.0798. The highest BCUT2D eigenvalue weighted by Gasteiger charge is 2.12. The summed E-state index contributed by atoms with van der Waals surface area (Å²) in [6.45, 7) is 0.234. The van der Waals surface area contributed by atoms with E-state index in [1.165, 1.54) is 12.1 Å². The number of hydrogen-bond acceptors (Lipinski definition) is 3. The van der Waals surface area contributed by atoms with Gasteiger partial charge in [-0.15, -0.1) is 11.3 Å². The lowest BCUT2D eigenvalue weighted by atomic mass is 10.2. The highest BCUT2D eigenvalue weighted by Crippen LogP contribution is 2.26. The normalized spacial score (nSPS) is 10.6. The van der Waals surface area contributed by atoms with Crippen LogP contribution in [0.25, 0.3) is 10.6 Å². The van der Waals surface area contributed by atoms with Crippen molar-refractivity contribution >= 4 is 28.8 Å². The molecule has 3 rings (SSSR count). The summed E-state index contributed by atoms with van der Waals surface area (Å²) < 4.78 is 18.6. The maximum Gasteiger partial charge on any atom is 0.253 e. The van der Waals surface area contributed by atoms with Crippen molar-refractivity contribution in [3.8, 4) is 10.6 Å². The summed E-state index contributed by atoms with van der Waals surface area (Å²) in [4.78, 5) is 13.1. The lowest BCUT2D eigenvalue weighted by Crippen LogP contribution is -2.22. The summed E-state index contributed by atoms with van der Waals surface area (Å²) in [5.74, 6) is 0.543. The first-order valence-electron chi connectivity index (χ1n) is 6.49. The molecule has 1 N–H and O–H groups in total. The molecule has 0 radical (unpaired) electrons. The summed E-state index contributed by atoms with van der Waals surface area (Å²) in [5.41, 5.74) is 0.230. The molecule has 0 spiro atoms. The Kier molecular flexibility index (Phi) is 4.27. The second-order valence-corrected chi connectivity index (χ2v) is 5.91. The van der Waals surface area contributed by atoms with Crippen LogP contribution < -0.4 is 5.32 Å². The van der Waals surface area contributed by atoms with Gasteiger partial charge in [0.1, 0.15) is 17.3 Å². The summed E-state index contributed by atoms with van der Waals surface area (Å²) in [5, 5.41) is 4.75. The zero-order valence-corrected chi connectivity index (χ0v) is 12.9. The van der Waals surface area contributed by atoms with Crippen LogP contribution in [-0.4, -0.2) is 5.91 Å². The van der Waals surface area contributed by atoms with Crippen LogP contribution >= 0.6 is 22.9 Å². The number of rotatable bonds is 4. The van der Waals surface area contributed by atoms with Gasteiger partial charge in [-0.25, -0.2) is 4.39 Å². The number of hydrogen-bond donors (Lipinski definition) is 1. The number of furan rings is 1. The van der Waals surface area contributed by atoms with Gasteiger partial charge in [0, 0.05) is 0 Å². The maximum absolute atomic E-state index is 13.0. The largest absolute Gasteiger partial charge is 0.458 e. The molecule has 3 nitrogen and oxygen atoms in total. The molecule has 0 saturated carbocycles. The van der Waals surface area contributed by atoms with E-state index in [1.54, 1.807) is 11.3 Å². The molecule has 2 heterocycles. The Hall–Kier alpha value is -2.11. The van der Waals surface area contributed by atoms with Crippen LogP contribution in [0.3, 0.4) is 0 Å². The number of halogens is 2. The van der Waals surface area contributed by atoms with E-state index in [0.29, 0.717) is 5.76 Å². The van der Waals surface area contributed by atoms with Gasteiger partial charge in [-0.1, -0.05) is 17.7 Å². The Balaban J connectivity index is 1.66. The molecule has 22 heavy (non-hydrogen) atoms. The smallest absolute Gasteiger partial charge is 0.253 e. The monoisotopic (exact) mass is 335 g/mol. The Labute approximate surface area is 135 Å². The molecule has 0 aliphatic heterocycles. The minimum atomic E-state index is -0.479. The van der Waals surface area contributed by atoms with Crippen molar-refractivity contribution in [3.05, 3.63) is 70.0 Å². The van der Waals surface area contributed by atoms with Gasteiger partial charge in [-0.05, 0) is 41.8 Å². The molecule has 1 aromatic carbocycles. The average Bonchev–Trinajstić information content (AvgIpc) is 3.16. The van der Waals surface area contributed by atoms with Gasteiger partial charge < -0.3 is 9.73 Å². The molecular formula is C16H11ClFNO2S. The van der Waals surface area contributed by atoms with Gasteiger partial charge in [-0.3, -0.25) is 4.79 Å². The van der Waals surface area contributed by atoms with Crippen LogP contribution in [-0.2, 0) is 6.54 Å². The predicted octanol–water partition coefficient (Wildman–Crippen LogP) is 4.73. The standard InChI is InChI=1S/C16H11ClFNO2S/c17-13-8-10(18)3-5-12(13)16(20)19-9-11-4-6-14(21-11)15-2-1-7-22-15/h1-8H,9H2,(H,19,20). The van der Waals surface area contributed by atoms with E-state index >= 15 is 0 Å². The lowest BCUT2D eigenvalue weighted by Gasteiger charge is -2.05. The van der Waals surface area contributed by atoms with Crippen molar-refractivity contribution in [3.63, 3.8) is 0 Å². The van der Waals surface area contributed by atoms with Crippen molar-refractivity contribution in [2.24, 2.45) is 0 Å². The zero-order chi connectivity index (χ0) is 15.5. The molecule has 0 aliphatic rings. The highest BCUT2D eigenvalue weighted by molar-refractivity contribution is 7.13. The van der Waals surface area contributed by atoms with E-state index < -0.39 is 5.82 Å². The van der Waals surface area contributed by atoms with E-state index in [2.05, 4.69) is 5.32 Å². The molecule has 0 aliphatic carbocycles. The topological polar surface area (TPSA) is 42.2 Å². The summed E-state index contributed by atoms with van der Waals surface area (Å²) >= 11 is 7.43. The molecule has 0 fully saturated rings. The fraction of sp³-hybridized carbons (Fsp3) is 0.0625. The fourth-order valence-electron chi connectivity index (χ4n) is 1.96.